The van der Waals surface area contributed by atoms with Gasteiger partial charge in [0, 0.05) is 32.4 Å². The monoisotopic (exact) mass is 320 g/mol. The SMILES string of the molecule is Cn1ccc(C2CCN(C(=O)c3ccc(Cl)o3)CC2)cc1=O. The summed E-state index contributed by atoms with van der Waals surface area (Å²) in [5.74, 6) is 0.462. The van der Waals surface area contributed by atoms with Gasteiger partial charge in [-0.15, -0.1) is 0 Å². The lowest BCUT2D eigenvalue weighted by atomic mass is 9.90. The number of piperidine rings is 1. The van der Waals surface area contributed by atoms with Crippen LogP contribution in [-0.2, 0) is 7.05 Å². The van der Waals surface area contributed by atoms with Crippen LogP contribution in [0.15, 0.2) is 39.7 Å². The second-order valence-corrected chi connectivity index (χ2v) is 5.95. The number of carbonyl (C=O) groups is 1. The molecule has 2 aromatic heterocycles. The molecule has 0 atom stereocenters. The van der Waals surface area contributed by atoms with Crippen molar-refractivity contribution in [1.29, 1.82) is 0 Å². The second-order valence-electron chi connectivity index (χ2n) is 5.58. The van der Waals surface area contributed by atoms with Crippen molar-refractivity contribution in [1.82, 2.24) is 9.47 Å². The van der Waals surface area contributed by atoms with Gasteiger partial charge in [0.1, 0.15) is 0 Å². The van der Waals surface area contributed by atoms with E-state index in [9.17, 15) is 9.59 Å². The van der Waals surface area contributed by atoms with Crippen LogP contribution in [0, 0.1) is 0 Å². The molecule has 6 heteroatoms. The zero-order valence-electron chi connectivity index (χ0n) is 12.3. The van der Waals surface area contributed by atoms with Crippen LogP contribution in [0.1, 0.15) is 34.9 Å². The molecule has 116 valence electrons. The van der Waals surface area contributed by atoms with E-state index >= 15 is 0 Å². The van der Waals surface area contributed by atoms with E-state index in [1.54, 1.807) is 40.9 Å². The van der Waals surface area contributed by atoms with E-state index in [1.807, 2.05) is 6.07 Å². The zero-order valence-corrected chi connectivity index (χ0v) is 13.0. The minimum absolute atomic E-state index is 0.00114. The second kappa shape index (κ2) is 6.01. The number of carbonyl (C=O) groups excluding carboxylic acids is 1. The highest BCUT2D eigenvalue weighted by Gasteiger charge is 2.26. The van der Waals surface area contributed by atoms with Crippen molar-refractivity contribution in [2.24, 2.45) is 7.05 Å². The number of furan rings is 1. The molecule has 1 saturated heterocycles. The number of amides is 1. The predicted octanol–water partition coefficient (Wildman–Crippen LogP) is 2.65. The third kappa shape index (κ3) is 2.95. The summed E-state index contributed by atoms with van der Waals surface area (Å²) < 4.78 is 6.73. The third-order valence-corrected chi connectivity index (χ3v) is 4.37. The minimum Gasteiger partial charge on any atom is -0.440 e. The number of hydrogen-bond acceptors (Lipinski definition) is 3. The van der Waals surface area contributed by atoms with Crippen LogP contribution < -0.4 is 5.56 Å². The van der Waals surface area contributed by atoms with Crippen molar-refractivity contribution < 1.29 is 9.21 Å². The summed E-state index contributed by atoms with van der Waals surface area (Å²) >= 11 is 5.71. The van der Waals surface area contributed by atoms with Crippen molar-refractivity contribution in [2.45, 2.75) is 18.8 Å². The summed E-state index contributed by atoms with van der Waals surface area (Å²) in [6.45, 7) is 1.30. The fourth-order valence-electron chi connectivity index (χ4n) is 2.82. The number of pyridine rings is 1. The molecule has 1 aliphatic rings. The van der Waals surface area contributed by atoms with Crippen LogP contribution in [0.3, 0.4) is 0 Å². The fourth-order valence-corrected chi connectivity index (χ4v) is 2.96. The molecular weight excluding hydrogens is 304 g/mol. The van der Waals surface area contributed by atoms with Gasteiger partial charge in [-0.2, -0.15) is 0 Å². The molecule has 1 aliphatic heterocycles. The van der Waals surface area contributed by atoms with E-state index in [1.165, 1.54) is 0 Å². The first-order valence-corrected chi connectivity index (χ1v) is 7.63. The Kier molecular flexibility index (Phi) is 4.07. The minimum atomic E-state index is -0.130. The average Bonchev–Trinajstić information content (AvgIpc) is 2.96. The Hall–Kier alpha value is -2.01. The fraction of sp³-hybridized carbons (Fsp3) is 0.375. The summed E-state index contributed by atoms with van der Waals surface area (Å²) in [6, 6.07) is 6.84. The molecule has 2 aromatic rings. The molecule has 0 radical (unpaired) electrons. The molecular formula is C16H17ClN2O3. The maximum atomic E-state index is 12.3. The van der Waals surface area contributed by atoms with Crippen molar-refractivity contribution >= 4 is 17.5 Å². The van der Waals surface area contributed by atoms with Gasteiger partial charge in [-0.25, -0.2) is 0 Å². The number of aromatic nitrogens is 1. The van der Waals surface area contributed by atoms with Gasteiger partial charge in [0.2, 0.25) is 0 Å². The maximum absolute atomic E-state index is 12.3. The van der Waals surface area contributed by atoms with E-state index in [2.05, 4.69) is 0 Å². The Balaban J connectivity index is 1.66. The summed E-state index contributed by atoms with van der Waals surface area (Å²) in [7, 11) is 1.74. The lowest BCUT2D eigenvalue weighted by Gasteiger charge is -2.31. The van der Waals surface area contributed by atoms with Crippen LogP contribution >= 0.6 is 11.6 Å². The molecule has 0 saturated carbocycles. The van der Waals surface area contributed by atoms with Crippen molar-refractivity contribution in [2.75, 3.05) is 13.1 Å². The third-order valence-electron chi connectivity index (χ3n) is 4.17. The molecule has 0 spiro atoms. The number of rotatable bonds is 2. The lowest BCUT2D eigenvalue weighted by Crippen LogP contribution is -2.38. The van der Waals surface area contributed by atoms with Gasteiger partial charge in [0.05, 0.1) is 0 Å². The van der Waals surface area contributed by atoms with Gasteiger partial charge >= 0.3 is 0 Å². The number of likely N-dealkylation sites (tertiary alicyclic amines) is 1. The Bertz CT molecular complexity index is 742. The van der Waals surface area contributed by atoms with Crippen LogP contribution in [-0.4, -0.2) is 28.5 Å². The molecule has 5 nitrogen and oxygen atoms in total. The first-order valence-electron chi connectivity index (χ1n) is 7.26. The number of nitrogens with zero attached hydrogens (tertiary/aromatic N) is 2. The summed E-state index contributed by atoms with van der Waals surface area (Å²) in [5, 5.41) is 0.221. The van der Waals surface area contributed by atoms with Crippen molar-refractivity contribution in [3.05, 3.63) is 57.4 Å². The largest absolute Gasteiger partial charge is 0.440 e. The molecule has 0 aromatic carbocycles. The highest BCUT2D eigenvalue weighted by Crippen LogP contribution is 2.28. The quantitative estimate of drug-likeness (QED) is 0.854. The number of aryl methyl sites for hydroxylation is 1. The number of halogens is 1. The molecule has 0 N–H and O–H groups in total. The smallest absolute Gasteiger partial charge is 0.289 e. The Morgan fingerprint density at radius 2 is 2.00 bits per heavy atom. The van der Waals surface area contributed by atoms with Crippen LogP contribution in [0.5, 0.6) is 0 Å². The average molecular weight is 321 g/mol. The van der Waals surface area contributed by atoms with E-state index in [4.69, 9.17) is 16.0 Å². The molecule has 1 fully saturated rings. The Labute approximate surface area is 133 Å². The molecule has 22 heavy (non-hydrogen) atoms. The summed E-state index contributed by atoms with van der Waals surface area (Å²) in [6.07, 6.45) is 3.47. The van der Waals surface area contributed by atoms with Crippen molar-refractivity contribution in [3.63, 3.8) is 0 Å². The standard InChI is InChI=1S/C16H17ClN2O3/c1-18-7-4-12(10-15(18)20)11-5-8-19(9-6-11)16(21)13-2-3-14(17)22-13/h2-4,7,10-11H,5-6,8-9H2,1H3. The normalized spacial score (nSPS) is 16.0. The number of hydrogen-bond donors (Lipinski definition) is 0. The van der Waals surface area contributed by atoms with Crippen LogP contribution in [0.25, 0.3) is 0 Å². The van der Waals surface area contributed by atoms with Crippen LogP contribution in [0.2, 0.25) is 5.22 Å². The van der Waals surface area contributed by atoms with E-state index in [0.29, 0.717) is 19.0 Å². The highest BCUT2D eigenvalue weighted by molar-refractivity contribution is 6.29. The maximum Gasteiger partial charge on any atom is 0.289 e. The molecule has 0 unspecified atom stereocenters. The van der Waals surface area contributed by atoms with E-state index < -0.39 is 0 Å². The lowest BCUT2D eigenvalue weighted by molar-refractivity contribution is 0.0681. The molecule has 1 amide bonds. The van der Waals surface area contributed by atoms with Gasteiger partial charge in [0.25, 0.3) is 11.5 Å². The van der Waals surface area contributed by atoms with Gasteiger partial charge in [-0.05, 0) is 54.1 Å². The topological polar surface area (TPSA) is 55.5 Å². The van der Waals surface area contributed by atoms with Gasteiger partial charge in [0.15, 0.2) is 11.0 Å². The summed E-state index contributed by atoms with van der Waals surface area (Å²) in [5.41, 5.74) is 1.05. The van der Waals surface area contributed by atoms with Gasteiger partial charge < -0.3 is 13.9 Å². The summed E-state index contributed by atoms with van der Waals surface area (Å²) in [4.78, 5) is 25.8. The predicted molar refractivity (Wildman–Crippen MR) is 83.3 cm³/mol. The first kappa shape index (κ1) is 14.9. The molecule has 3 rings (SSSR count). The van der Waals surface area contributed by atoms with Crippen molar-refractivity contribution in [3.8, 4) is 0 Å². The molecule has 3 heterocycles. The highest BCUT2D eigenvalue weighted by atomic mass is 35.5. The van der Waals surface area contributed by atoms with Crippen LogP contribution in [0.4, 0.5) is 0 Å². The van der Waals surface area contributed by atoms with Gasteiger partial charge in [-0.3, -0.25) is 9.59 Å². The Morgan fingerprint density at radius 1 is 1.27 bits per heavy atom. The van der Waals surface area contributed by atoms with Gasteiger partial charge in [-0.1, -0.05) is 0 Å². The Morgan fingerprint density at radius 3 is 2.59 bits per heavy atom. The van der Waals surface area contributed by atoms with E-state index in [-0.39, 0.29) is 22.4 Å². The first-order chi connectivity index (χ1) is 10.5. The zero-order chi connectivity index (χ0) is 15.7. The molecule has 0 bridgehead atoms. The van der Waals surface area contributed by atoms with E-state index in [0.717, 1.165) is 18.4 Å². The molecule has 0 aliphatic carbocycles.